The van der Waals surface area contributed by atoms with Gasteiger partial charge in [-0.3, -0.25) is 9.59 Å². The van der Waals surface area contributed by atoms with Gasteiger partial charge in [0.05, 0.1) is 6.54 Å². The van der Waals surface area contributed by atoms with E-state index in [0.29, 0.717) is 22.0 Å². The molecule has 0 aliphatic rings. The van der Waals surface area contributed by atoms with Crippen molar-refractivity contribution in [1.29, 1.82) is 0 Å². The molecule has 2 heterocycles. The minimum atomic E-state index is -0.404. The number of nitrogens with zero attached hydrogens (tertiary/aromatic N) is 2. The molecule has 0 unspecified atom stereocenters. The van der Waals surface area contributed by atoms with Crippen LogP contribution in [0, 0.1) is 13.8 Å². The molecule has 0 fully saturated rings. The molecule has 0 aliphatic heterocycles. The minimum absolute atomic E-state index is 0.210. The molecular weight excluding hydrogens is 440 g/mol. The van der Waals surface area contributed by atoms with Gasteiger partial charge in [0.15, 0.2) is 5.01 Å². The Morgan fingerprint density at radius 3 is 2.64 bits per heavy atom. The van der Waals surface area contributed by atoms with E-state index in [-0.39, 0.29) is 24.1 Å². The van der Waals surface area contributed by atoms with Gasteiger partial charge < -0.3 is 19.8 Å². The van der Waals surface area contributed by atoms with Crippen LogP contribution in [-0.4, -0.2) is 22.0 Å². The van der Waals surface area contributed by atoms with E-state index in [9.17, 15) is 9.59 Å². The van der Waals surface area contributed by atoms with Gasteiger partial charge in [0, 0.05) is 11.3 Å². The third-order valence-electron chi connectivity index (χ3n) is 4.71. The largest absolute Gasteiger partial charge is 0.486 e. The molecule has 33 heavy (non-hydrogen) atoms. The van der Waals surface area contributed by atoms with Gasteiger partial charge in [-0.15, -0.1) is 10.2 Å². The number of carbonyl (C=O) groups excluding carboxylic acids is 2. The highest BCUT2D eigenvalue weighted by Crippen LogP contribution is 2.20. The first kappa shape index (κ1) is 22.2. The van der Waals surface area contributed by atoms with Gasteiger partial charge in [0.1, 0.15) is 23.9 Å². The van der Waals surface area contributed by atoms with Crippen LogP contribution < -0.4 is 15.4 Å². The number of rotatable bonds is 8. The molecule has 0 spiro atoms. The summed E-state index contributed by atoms with van der Waals surface area (Å²) in [6.07, 6.45) is 0. The van der Waals surface area contributed by atoms with Crippen molar-refractivity contribution < 1.29 is 18.7 Å². The van der Waals surface area contributed by atoms with Gasteiger partial charge in [0.2, 0.25) is 5.01 Å². The number of furan rings is 1. The number of hydrogen-bond acceptors (Lipinski definition) is 7. The van der Waals surface area contributed by atoms with Crippen molar-refractivity contribution in [2.75, 3.05) is 5.32 Å². The molecule has 4 rings (SSSR count). The maximum atomic E-state index is 12.6. The monoisotopic (exact) mass is 462 g/mol. The van der Waals surface area contributed by atoms with E-state index < -0.39 is 5.91 Å². The summed E-state index contributed by atoms with van der Waals surface area (Å²) in [5.41, 5.74) is 1.92. The zero-order valence-electron chi connectivity index (χ0n) is 18.1. The predicted molar refractivity (Wildman–Crippen MR) is 124 cm³/mol. The van der Waals surface area contributed by atoms with E-state index in [1.54, 1.807) is 24.3 Å². The standard InChI is InChI=1S/C24H22N4O4S/c1-15-6-3-4-9-20(15)31-14-21-27-28-24(33-21)23(30)26-18-8-5-7-17(12-18)22(29)25-13-19-11-10-16(2)32-19/h3-12H,13-14H2,1-2H3,(H,25,29)(H,26,30). The molecule has 2 aromatic heterocycles. The number of benzene rings is 2. The number of carbonyl (C=O) groups is 2. The molecule has 0 atom stereocenters. The zero-order chi connectivity index (χ0) is 23.2. The van der Waals surface area contributed by atoms with E-state index >= 15 is 0 Å². The summed E-state index contributed by atoms with van der Waals surface area (Å²) in [6, 6.07) is 18.0. The van der Waals surface area contributed by atoms with Crippen molar-refractivity contribution in [2.24, 2.45) is 0 Å². The number of para-hydroxylation sites is 1. The fraction of sp³-hybridized carbons (Fsp3) is 0.167. The van der Waals surface area contributed by atoms with Crippen LogP contribution in [0.1, 0.15) is 42.3 Å². The lowest BCUT2D eigenvalue weighted by atomic mass is 10.2. The molecule has 2 amide bonds. The van der Waals surface area contributed by atoms with Gasteiger partial charge in [0.25, 0.3) is 11.8 Å². The second-order valence-corrected chi connectivity index (χ2v) is 8.35. The van der Waals surface area contributed by atoms with E-state index in [0.717, 1.165) is 28.4 Å². The molecule has 2 aromatic carbocycles. The summed E-state index contributed by atoms with van der Waals surface area (Å²) < 4.78 is 11.2. The SMILES string of the molecule is Cc1ccc(CNC(=O)c2cccc(NC(=O)c3nnc(COc4ccccc4C)s3)c2)o1. The van der Waals surface area contributed by atoms with Crippen molar-refractivity contribution >= 4 is 28.8 Å². The van der Waals surface area contributed by atoms with E-state index in [1.807, 2.05) is 50.2 Å². The highest BCUT2D eigenvalue weighted by molar-refractivity contribution is 7.13. The van der Waals surface area contributed by atoms with Gasteiger partial charge in [-0.2, -0.15) is 0 Å². The molecule has 0 bridgehead atoms. The third-order valence-corrected chi connectivity index (χ3v) is 5.60. The predicted octanol–water partition coefficient (Wildman–Crippen LogP) is 4.51. The molecule has 168 valence electrons. The van der Waals surface area contributed by atoms with E-state index in [4.69, 9.17) is 9.15 Å². The van der Waals surface area contributed by atoms with Crippen molar-refractivity contribution in [3.05, 3.63) is 93.3 Å². The summed E-state index contributed by atoms with van der Waals surface area (Å²) in [6.45, 7) is 4.30. The highest BCUT2D eigenvalue weighted by atomic mass is 32.1. The molecule has 0 aliphatic carbocycles. The first-order chi connectivity index (χ1) is 16.0. The first-order valence-corrected chi connectivity index (χ1v) is 11.1. The average molecular weight is 463 g/mol. The second-order valence-electron chi connectivity index (χ2n) is 7.29. The Balaban J connectivity index is 1.34. The molecule has 2 N–H and O–H groups in total. The van der Waals surface area contributed by atoms with Gasteiger partial charge >= 0.3 is 0 Å². The summed E-state index contributed by atoms with van der Waals surface area (Å²) in [7, 11) is 0. The first-order valence-electron chi connectivity index (χ1n) is 10.2. The van der Waals surface area contributed by atoms with Gasteiger partial charge in [-0.1, -0.05) is 35.6 Å². The van der Waals surface area contributed by atoms with Gasteiger partial charge in [-0.05, 0) is 55.8 Å². The lowest BCUT2D eigenvalue weighted by Gasteiger charge is -2.07. The molecule has 0 radical (unpaired) electrons. The lowest BCUT2D eigenvalue weighted by molar-refractivity contribution is 0.0946. The summed E-state index contributed by atoms with van der Waals surface area (Å²) in [4.78, 5) is 25.0. The van der Waals surface area contributed by atoms with Crippen molar-refractivity contribution in [3.63, 3.8) is 0 Å². The highest BCUT2D eigenvalue weighted by Gasteiger charge is 2.15. The average Bonchev–Trinajstić information content (AvgIpc) is 3.46. The summed E-state index contributed by atoms with van der Waals surface area (Å²) in [5, 5.41) is 14.3. The summed E-state index contributed by atoms with van der Waals surface area (Å²) in [5.74, 6) is 1.54. The number of amides is 2. The van der Waals surface area contributed by atoms with Gasteiger partial charge in [-0.25, -0.2) is 0 Å². The summed E-state index contributed by atoms with van der Waals surface area (Å²) >= 11 is 1.15. The molecule has 0 saturated heterocycles. The maximum Gasteiger partial charge on any atom is 0.286 e. The Morgan fingerprint density at radius 1 is 1.00 bits per heavy atom. The molecular formula is C24H22N4O4S. The Bertz CT molecular complexity index is 1280. The van der Waals surface area contributed by atoms with Crippen LogP contribution in [0.15, 0.2) is 65.1 Å². The quantitative estimate of drug-likeness (QED) is 0.399. The number of anilines is 1. The topological polar surface area (TPSA) is 106 Å². The minimum Gasteiger partial charge on any atom is -0.486 e. The van der Waals surface area contributed by atoms with Crippen LogP contribution >= 0.6 is 11.3 Å². The van der Waals surface area contributed by atoms with Crippen LogP contribution in [-0.2, 0) is 13.2 Å². The van der Waals surface area contributed by atoms with Crippen LogP contribution in [0.25, 0.3) is 0 Å². The Labute approximate surface area is 194 Å². The lowest BCUT2D eigenvalue weighted by Crippen LogP contribution is -2.22. The number of aromatic nitrogens is 2. The normalized spacial score (nSPS) is 10.6. The zero-order valence-corrected chi connectivity index (χ0v) is 18.9. The van der Waals surface area contributed by atoms with E-state index in [2.05, 4.69) is 20.8 Å². The Kier molecular flexibility index (Phi) is 6.80. The maximum absolute atomic E-state index is 12.6. The Morgan fingerprint density at radius 2 is 1.85 bits per heavy atom. The van der Waals surface area contributed by atoms with Crippen LogP contribution in [0.2, 0.25) is 0 Å². The number of ether oxygens (including phenoxy) is 1. The van der Waals surface area contributed by atoms with Crippen LogP contribution in [0.5, 0.6) is 5.75 Å². The fourth-order valence-electron chi connectivity index (χ4n) is 3.03. The molecule has 0 saturated carbocycles. The van der Waals surface area contributed by atoms with Crippen LogP contribution in [0.4, 0.5) is 5.69 Å². The van der Waals surface area contributed by atoms with E-state index in [1.165, 1.54) is 0 Å². The fourth-order valence-corrected chi connectivity index (χ4v) is 3.68. The third kappa shape index (κ3) is 5.83. The second kappa shape index (κ2) is 10.1. The molecule has 8 nitrogen and oxygen atoms in total. The van der Waals surface area contributed by atoms with Crippen molar-refractivity contribution in [1.82, 2.24) is 15.5 Å². The molecule has 4 aromatic rings. The van der Waals surface area contributed by atoms with Crippen molar-refractivity contribution in [2.45, 2.75) is 27.0 Å². The number of aryl methyl sites for hydroxylation is 2. The van der Waals surface area contributed by atoms with Crippen molar-refractivity contribution in [3.8, 4) is 5.75 Å². The number of hydrogen-bond donors (Lipinski definition) is 2. The van der Waals surface area contributed by atoms with Crippen LogP contribution in [0.3, 0.4) is 0 Å². The molecule has 9 heteroatoms. The smallest absolute Gasteiger partial charge is 0.286 e. The number of nitrogens with one attached hydrogen (secondary N) is 2. The Hall–Kier alpha value is -3.98.